The van der Waals surface area contributed by atoms with E-state index in [1.54, 1.807) is 12.1 Å². The monoisotopic (exact) mass is 227 g/mol. The molecule has 0 aliphatic rings. The van der Waals surface area contributed by atoms with Crippen LogP contribution in [-0.2, 0) is 6.42 Å². The third-order valence-electron chi connectivity index (χ3n) is 1.54. The van der Waals surface area contributed by atoms with E-state index in [-0.39, 0.29) is 17.7 Å². The van der Waals surface area contributed by atoms with Crippen molar-refractivity contribution in [2.45, 2.75) is 12.8 Å². The van der Waals surface area contributed by atoms with Crippen LogP contribution in [0.15, 0.2) is 12.1 Å². The fourth-order valence-electron chi connectivity index (χ4n) is 0.949. The van der Waals surface area contributed by atoms with Gasteiger partial charge in [0.1, 0.15) is 11.8 Å². The molecular formula is C9H4F3N3O. The van der Waals surface area contributed by atoms with E-state index < -0.39 is 12.2 Å². The lowest BCUT2D eigenvalue weighted by Gasteiger charge is -2.10. The molecule has 0 fully saturated rings. The van der Waals surface area contributed by atoms with Gasteiger partial charge in [-0.25, -0.2) is 4.98 Å². The molecule has 0 unspecified atom stereocenters. The van der Waals surface area contributed by atoms with E-state index in [1.807, 2.05) is 0 Å². The fourth-order valence-corrected chi connectivity index (χ4v) is 0.949. The van der Waals surface area contributed by atoms with E-state index in [1.165, 1.54) is 12.1 Å². The predicted octanol–water partition coefficient (Wildman–Crippen LogP) is 1.92. The second-order valence-electron chi connectivity index (χ2n) is 2.66. The largest absolute Gasteiger partial charge is 0.574 e. The van der Waals surface area contributed by atoms with Crippen LogP contribution in [0.4, 0.5) is 13.2 Å². The molecule has 1 aromatic heterocycles. The number of hydrogen-bond donors (Lipinski definition) is 0. The number of nitrogens with zero attached hydrogens (tertiary/aromatic N) is 3. The lowest BCUT2D eigenvalue weighted by Crippen LogP contribution is -2.19. The highest BCUT2D eigenvalue weighted by Gasteiger charge is 2.33. The van der Waals surface area contributed by atoms with Crippen molar-refractivity contribution in [3.05, 3.63) is 23.4 Å². The molecule has 0 aliphatic carbocycles. The van der Waals surface area contributed by atoms with Gasteiger partial charge in [0.15, 0.2) is 0 Å². The summed E-state index contributed by atoms with van der Waals surface area (Å²) >= 11 is 0. The van der Waals surface area contributed by atoms with Crippen LogP contribution in [0.1, 0.15) is 11.3 Å². The Kier molecular flexibility index (Phi) is 3.31. The molecule has 1 rings (SSSR count). The van der Waals surface area contributed by atoms with Crippen molar-refractivity contribution in [3.63, 3.8) is 0 Å². The Morgan fingerprint density at radius 1 is 1.31 bits per heavy atom. The molecule has 0 radical (unpaired) electrons. The van der Waals surface area contributed by atoms with Crippen molar-refractivity contribution < 1.29 is 17.9 Å². The van der Waals surface area contributed by atoms with Crippen molar-refractivity contribution in [3.8, 4) is 18.0 Å². The molecule has 0 bridgehead atoms. The second-order valence-corrected chi connectivity index (χ2v) is 2.66. The Bertz CT molecular complexity index is 470. The summed E-state index contributed by atoms with van der Waals surface area (Å²) in [5, 5.41) is 16.9. The first-order valence-electron chi connectivity index (χ1n) is 3.99. The summed E-state index contributed by atoms with van der Waals surface area (Å²) in [5.41, 5.74) is -0.222. The number of nitriles is 2. The zero-order valence-electron chi connectivity index (χ0n) is 7.75. The maximum Gasteiger partial charge on any atom is 0.574 e. The zero-order valence-corrected chi connectivity index (χ0v) is 7.75. The third kappa shape index (κ3) is 3.14. The van der Waals surface area contributed by atoms with Gasteiger partial charge in [-0.1, -0.05) is 0 Å². The quantitative estimate of drug-likeness (QED) is 0.773. The van der Waals surface area contributed by atoms with Gasteiger partial charge in [0.2, 0.25) is 5.88 Å². The van der Waals surface area contributed by atoms with E-state index in [0.717, 1.165) is 0 Å². The van der Waals surface area contributed by atoms with Crippen LogP contribution in [-0.4, -0.2) is 11.3 Å². The van der Waals surface area contributed by atoms with Gasteiger partial charge in [0.25, 0.3) is 0 Å². The van der Waals surface area contributed by atoms with Gasteiger partial charge in [-0.05, 0) is 12.1 Å². The molecule has 0 atom stereocenters. The summed E-state index contributed by atoms with van der Waals surface area (Å²) in [5.74, 6) is -0.756. The van der Waals surface area contributed by atoms with Gasteiger partial charge in [-0.15, -0.1) is 13.2 Å². The van der Waals surface area contributed by atoms with E-state index in [4.69, 9.17) is 10.5 Å². The maximum atomic E-state index is 12.0. The first kappa shape index (κ1) is 11.8. The molecule has 0 aromatic carbocycles. The molecule has 0 amide bonds. The first-order chi connectivity index (χ1) is 7.46. The lowest BCUT2D eigenvalue weighted by molar-refractivity contribution is -0.276. The topological polar surface area (TPSA) is 69.7 Å². The summed E-state index contributed by atoms with van der Waals surface area (Å²) in [6.45, 7) is 0. The first-order valence-corrected chi connectivity index (χ1v) is 3.99. The van der Waals surface area contributed by atoms with Crippen molar-refractivity contribution in [2.75, 3.05) is 0 Å². The van der Waals surface area contributed by atoms with E-state index in [2.05, 4.69) is 9.72 Å². The van der Waals surface area contributed by atoms with Crippen LogP contribution in [0, 0.1) is 22.7 Å². The van der Waals surface area contributed by atoms with Crippen molar-refractivity contribution >= 4 is 0 Å². The fraction of sp³-hybridized carbons (Fsp3) is 0.222. The van der Waals surface area contributed by atoms with E-state index in [0.29, 0.717) is 0 Å². The van der Waals surface area contributed by atoms with Gasteiger partial charge in [-0.2, -0.15) is 10.5 Å². The van der Waals surface area contributed by atoms with Crippen molar-refractivity contribution in [1.82, 2.24) is 4.98 Å². The third-order valence-corrected chi connectivity index (χ3v) is 1.54. The van der Waals surface area contributed by atoms with Gasteiger partial charge in [0.05, 0.1) is 12.5 Å². The predicted molar refractivity (Wildman–Crippen MR) is 45.0 cm³/mol. The number of halogens is 3. The molecule has 0 N–H and O–H groups in total. The Labute approximate surface area is 88.5 Å². The van der Waals surface area contributed by atoms with Crippen LogP contribution in [0.2, 0.25) is 0 Å². The Morgan fingerprint density at radius 2 is 2.00 bits per heavy atom. The van der Waals surface area contributed by atoms with E-state index in [9.17, 15) is 13.2 Å². The number of hydrogen-bond acceptors (Lipinski definition) is 4. The molecule has 4 nitrogen and oxygen atoms in total. The summed E-state index contributed by atoms with van der Waals surface area (Å²) in [4.78, 5) is 3.34. The van der Waals surface area contributed by atoms with Gasteiger partial charge < -0.3 is 4.74 Å². The van der Waals surface area contributed by atoms with E-state index >= 15 is 0 Å². The summed E-state index contributed by atoms with van der Waals surface area (Å²) in [6.07, 6.45) is -5.17. The van der Waals surface area contributed by atoms with Crippen molar-refractivity contribution in [2.24, 2.45) is 0 Å². The highest BCUT2D eigenvalue weighted by atomic mass is 19.4. The van der Waals surface area contributed by atoms with Gasteiger partial charge >= 0.3 is 6.36 Å². The number of pyridine rings is 1. The normalized spacial score (nSPS) is 10.3. The van der Waals surface area contributed by atoms with Crippen LogP contribution in [0.3, 0.4) is 0 Å². The Morgan fingerprint density at radius 3 is 2.50 bits per heavy atom. The number of rotatable bonds is 2. The van der Waals surface area contributed by atoms with Crippen LogP contribution in [0.25, 0.3) is 0 Å². The number of ether oxygens (including phenoxy) is 1. The molecule has 1 aromatic rings. The number of aromatic nitrogens is 1. The van der Waals surface area contributed by atoms with Gasteiger partial charge in [-0.3, -0.25) is 0 Å². The smallest absolute Gasteiger partial charge is 0.387 e. The molecule has 82 valence electrons. The maximum absolute atomic E-state index is 12.0. The Hall–Kier alpha value is -2.28. The summed E-state index contributed by atoms with van der Waals surface area (Å²) in [6, 6.07) is 5.68. The Balaban J connectivity index is 3.12. The molecule has 0 aliphatic heterocycles. The SMILES string of the molecule is N#CCc1ccc(C#N)nc1OC(F)(F)F. The molecule has 0 spiro atoms. The molecule has 7 heteroatoms. The molecule has 0 saturated carbocycles. The second kappa shape index (κ2) is 4.49. The lowest BCUT2D eigenvalue weighted by atomic mass is 10.2. The van der Waals surface area contributed by atoms with Crippen LogP contribution >= 0.6 is 0 Å². The average Bonchev–Trinajstić information content (AvgIpc) is 2.18. The minimum atomic E-state index is -4.90. The van der Waals surface area contributed by atoms with Crippen LogP contribution in [0.5, 0.6) is 5.88 Å². The minimum absolute atomic E-state index is 0.0150. The standard InChI is InChI=1S/C9H4F3N3O/c10-9(11,12)16-8-6(3-4-13)1-2-7(5-14)15-8/h1-2H,3H2. The van der Waals surface area contributed by atoms with Gasteiger partial charge in [0, 0.05) is 5.56 Å². The summed E-state index contributed by atoms with van der Waals surface area (Å²) < 4.78 is 39.5. The molecule has 16 heavy (non-hydrogen) atoms. The molecular weight excluding hydrogens is 223 g/mol. The minimum Gasteiger partial charge on any atom is -0.387 e. The average molecular weight is 227 g/mol. The summed E-state index contributed by atoms with van der Waals surface area (Å²) in [7, 11) is 0. The van der Waals surface area contributed by atoms with Crippen LogP contribution < -0.4 is 4.74 Å². The number of alkyl halides is 3. The molecule has 0 saturated heterocycles. The zero-order chi connectivity index (χ0) is 12.2. The molecule has 1 heterocycles. The van der Waals surface area contributed by atoms with Crippen molar-refractivity contribution in [1.29, 1.82) is 10.5 Å². The highest BCUT2D eigenvalue weighted by molar-refractivity contribution is 5.34. The highest BCUT2D eigenvalue weighted by Crippen LogP contribution is 2.24.